The van der Waals surface area contributed by atoms with Crippen LogP contribution >= 0.6 is 11.3 Å². The van der Waals surface area contributed by atoms with Gasteiger partial charge in [-0.3, -0.25) is 4.79 Å². The third-order valence-electron chi connectivity index (χ3n) is 2.99. The Hall–Kier alpha value is -0.910. The predicted molar refractivity (Wildman–Crippen MR) is 64.7 cm³/mol. The lowest BCUT2D eigenvalue weighted by molar-refractivity contribution is -0.137. The molecule has 0 aliphatic heterocycles. The van der Waals surface area contributed by atoms with E-state index in [2.05, 4.69) is 4.98 Å². The van der Waals surface area contributed by atoms with Crippen LogP contribution in [0.1, 0.15) is 48.8 Å². The van der Waals surface area contributed by atoms with Crippen molar-refractivity contribution in [1.29, 1.82) is 0 Å². The number of thiazole rings is 1. The average Bonchev–Trinajstić information content (AvgIpc) is 2.63. The van der Waals surface area contributed by atoms with Crippen LogP contribution in [0.5, 0.6) is 0 Å². The van der Waals surface area contributed by atoms with E-state index in [0.29, 0.717) is 11.3 Å². The molecule has 1 heterocycles. The second kappa shape index (κ2) is 4.99. The van der Waals surface area contributed by atoms with Crippen molar-refractivity contribution in [2.75, 3.05) is 0 Å². The molecular formula is C12H16F3NOS. The molecule has 0 fully saturated rings. The number of hydrogen-bond donors (Lipinski definition) is 0. The van der Waals surface area contributed by atoms with Gasteiger partial charge in [0, 0.05) is 12.6 Å². The van der Waals surface area contributed by atoms with Gasteiger partial charge in [0.2, 0.25) is 0 Å². The number of alkyl halides is 3. The summed E-state index contributed by atoms with van der Waals surface area (Å²) in [5, 5.41) is -0.964. The van der Waals surface area contributed by atoms with E-state index in [1.807, 2.05) is 27.7 Å². The van der Waals surface area contributed by atoms with Crippen LogP contribution in [0.15, 0.2) is 6.20 Å². The van der Waals surface area contributed by atoms with Gasteiger partial charge in [-0.1, -0.05) is 27.7 Å². The fourth-order valence-corrected chi connectivity index (χ4v) is 1.95. The number of aromatic nitrogens is 1. The Morgan fingerprint density at radius 2 is 1.94 bits per heavy atom. The second-order valence-corrected chi connectivity index (χ2v) is 6.45. The molecule has 1 aromatic heterocycles. The maximum absolute atomic E-state index is 12.4. The molecule has 0 saturated carbocycles. The summed E-state index contributed by atoms with van der Waals surface area (Å²) < 4.78 is 37.1. The van der Waals surface area contributed by atoms with Crippen LogP contribution in [-0.4, -0.2) is 10.8 Å². The molecule has 1 unspecified atom stereocenters. The molecule has 0 N–H and O–H groups in total. The van der Waals surface area contributed by atoms with Crippen molar-refractivity contribution in [3.8, 4) is 0 Å². The standard InChI is InChI=1S/C12H16F3NOS/c1-7(11(2,3)4)5-8(17)9-6-16-10(18-9)12(13,14)15/h6-7H,5H2,1-4H3. The van der Waals surface area contributed by atoms with Gasteiger partial charge in [0.05, 0.1) is 4.88 Å². The normalized spacial score (nSPS) is 14.6. The molecule has 0 amide bonds. The summed E-state index contributed by atoms with van der Waals surface area (Å²) in [5.41, 5.74) is -0.0484. The summed E-state index contributed by atoms with van der Waals surface area (Å²) in [6.07, 6.45) is -3.22. The largest absolute Gasteiger partial charge is 0.443 e. The highest BCUT2D eigenvalue weighted by molar-refractivity contribution is 7.13. The van der Waals surface area contributed by atoms with Gasteiger partial charge in [-0.2, -0.15) is 13.2 Å². The van der Waals surface area contributed by atoms with Crippen LogP contribution in [-0.2, 0) is 6.18 Å². The zero-order valence-electron chi connectivity index (χ0n) is 10.8. The van der Waals surface area contributed by atoms with E-state index in [1.54, 1.807) is 0 Å². The Bertz CT molecular complexity index is 431. The molecule has 0 aliphatic rings. The van der Waals surface area contributed by atoms with Gasteiger partial charge < -0.3 is 0 Å². The Balaban J connectivity index is 2.77. The van der Waals surface area contributed by atoms with Gasteiger partial charge in [-0.25, -0.2) is 4.98 Å². The zero-order chi connectivity index (χ0) is 14.1. The Morgan fingerprint density at radius 3 is 2.33 bits per heavy atom. The van der Waals surface area contributed by atoms with Crippen molar-refractivity contribution in [3.63, 3.8) is 0 Å². The van der Waals surface area contributed by atoms with E-state index >= 15 is 0 Å². The van der Waals surface area contributed by atoms with Crippen LogP contribution < -0.4 is 0 Å². The fourth-order valence-electron chi connectivity index (χ4n) is 1.22. The van der Waals surface area contributed by atoms with E-state index in [4.69, 9.17) is 0 Å². The van der Waals surface area contributed by atoms with Crippen LogP contribution in [0.2, 0.25) is 0 Å². The number of Topliss-reactive ketones (excluding diaryl/α,β-unsaturated/α-hetero) is 1. The molecule has 0 aromatic carbocycles. The molecule has 0 saturated heterocycles. The van der Waals surface area contributed by atoms with Crippen LogP contribution in [0, 0.1) is 11.3 Å². The molecule has 2 nitrogen and oxygen atoms in total. The quantitative estimate of drug-likeness (QED) is 0.767. The molecule has 0 aliphatic carbocycles. The van der Waals surface area contributed by atoms with Crippen molar-refractivity contribution in [2.45, 2.75) is 40.3 Å². The highest BCUT2D eigenvalue weighted by Crippen LogP contribution is 2.34. The number of rotatable bonds is 3. The van der Waals surface area contributed by atoms with Gasteiger partial charge >= 0.3 is 6.18 Å². The monoisotopic (exact) mass is 279 g/mol. The SMILES string of the molecule is CC(CC(=O)c1cnc(C(F)(F)F)s1)C(C)(C)C. The Kier molecular flexibility index (Phi) is 4.20. The topological polar surface area (TPSA) is 30.0 Å². The lowest BCUT2D eigenvalue weighted by Crippen LogP contribution is -2.20. The summed E-state index contributed by atoms with van der Waals surface area (Å²) in [5.74, 6) is -0.174. The molecule has 1 aromatic rings. The first-order chi connectivity index (χ1) is 8.01. The molecule has 102 valence electrons. The predicted octanol–water partition coefficient (Wildman–Crippen LogP) is 4.42. The lowest BCUT2D eigenvalue weighted by Gasteiger charge is -2.26. The minimum Gasteiger partial charge on any atom is -0.293 e. The average molecular weight is 279 g/mol. The smallest absolute Gasteiger partial charge is 0.293 e. The number of nitrogens with zero attached hydrogens (tertiary/aromatic N) is 1. The number of carbonyl (C=O) groups excluding carboxylic acids is 1. The maximum atomic E-state index is 12.4. The first kappa shape index (κ1) is 15.1. The minimum absolute atomic E-state index is 0.0484. The highest BCUT2D eigenvalue weighted by Gasteiger charge is 2.35. The lowest BCUT2D eigenvalue weighted by atomic mass is 9.79. The van der Waals surface area contributed by atoms with Crippen molar-refractivity contribution < 1.29 is 18.0 Å². The van der Waals surface area contributed by atoms with Crippen molar-refractivity contribution in [1.82, 2.24) is 4.98 Å². The number of ketones is 1. The molecule has 18 heavy (non-hydrogen) atoms. The van der Waals surface area contributed by atoms with E-state index in [1.165, 1.54) is 0 Å². The highest BCUT2D eigenvalue weighted by atomic mass is 32.1. The third kappa shape index (κ3) is 3.80. The second-order valence-electron chi connectivity index (χ2n) is 5.42. The van der Waals surface area contributed by atoms with Crippen molar-refractivity contribution in [2.24, 2.45) is 11.3 Å². The zero-order valence-corrected chi connectivity index (χ0v) is 11.6. The fraction of sp³-hybridized carbons (Fsp3) is 0.667. The molecular weight excluding hydrogens is 263 g/mol. The van der Waals surface area contributed by atoms with Gasteiger partial charge in [0.15, 0.2) is 10.8 Å². The van der Waals surface area contributed by atoms with E-state index in [9.17, 15) is 18.0 Å². The van der Waals surface area contributed by atoms with E-state index in [-0.39, 0.29) is 28.4 Å². The molecule has 1 rings (SSSR count). The summed E-state index contributed by atoms with van der Waals surface area (Å²) in [7, 11) is 0. The third-order valence-corrected chi connectivity index (χ3v) is 4.08. The maximum Gasteiger partial charge on any atom is 0.443 e. The van der Waals surface area contributed by atoms with Gasteiger partial charge in [-0.15, -0.1) is 11.3 Å². The van der Waals surface area contributed by atoms with Crippen LogP contribution in [0.25, 0.3) is 0 Å². The minimum atomic E-state index is -4.47. The van der Waals surface area contributed by atoms with Crippen LogP contribution in [0.4, 0.5) is 13.2 Å². The first-order valence-corrected chi connectivity index (χ1v) is 6.39. The van der Waals surface area contributed by atoms with Gasteiger partial charge in [-0.05, 0) is 11.3 Å². The Labute approximate surface area is 108 Å². The van der Waals surface area contributed by atoms with Crippen molar-refractivity contribution in [3.05, 3.63) is 16.1 Å². The molecule has 6 heteroatoms. The summed E-state index contributed by atoms with van der Waals surface area (Å²) in [4.78, 5) is 15.2. The van der Waals surface area contributed by atoms with E-state index < -0.39 is 11.2 Å². The summed E-state index contributed by atoms with van der Waals surface area (Å²) in [6, 6.07) is 0. The van der Waals surface area contributed by atoms with Crippen molar-refractivity contribution >= 4 is 17.1 Å². The summed E-state index contributed by atoms with van der Waals surface area (Å²) >= 11 is 0.415. The summed E-state index contributed by atoms with van der Waals surface area (Å²) in [6.45, 7) is 7.92. The molecule has 0 radical (unpaired) electrons. The molecule has 1 atom stereocenters. The number of carbonyl (C=O) groups is 1. The molecule has 0 bridgehead atoms. The van der Waals surface area contributed by atoms with E-state index in [0.717, 1.165) is 6.20 Å². The van der Waals surface area contributed by atoms with Crippen LogP contribution in [0.3, 0.4) is 0 Å². The number of halogens is 3. The first-order valence-electron chi connectivity index (χ1n) is 5.58. The van der Waals surface area contributed by atoms with Gasteiger partial charge in [0.25, 0.3) is 0 Å². The van der Waals surface area contributed by atoms with Gasteiger partial charge in [0.1, 0.15) is 0 Å². The number of hydrogen-bond acceptors (Lipinski definition) is 3. The Morgan fingerprint density at radius 1 is 1.39 bits per heavy atom. The molecule has 0 spiro atoms.